The topological polar surface area (TPSA) is 59.8 Å². The summed E-state index contributed by atoms with van der Waals surface area (Å²) in [7, 11) is 0. The van der Waals surface area contributed by atoms with Gasteiger partial charge in [0.2, 0.25) is 11.9 Å². The number of hydrogen-bond acceptors (Lipinski definition) is 3. The van der Waals surface area contributed by atoms with Crippen LogP contribution >= 0.6 is 0 Å². The van der Waals surface area contributed by atoms with Crippen molar-refractivity contribution < 1.29 is 9.18 Å². The van der Waals surface area contributed by atoms with Crippen LogP contribution in [-0.2, 0) is 11.3 Å². The molecule has 0 radical (unpaired) electrons. The number of carbonyl (C=O) groups is 1. The number of amides is 1. The number of anilines is 1. The molecule has 0 bridgehead atoms. The van der Waals surface area contributed by atoms with Crippen molar-refractivity contribution in [3.05, 3.63) is 42.1 Å². The molecule has 2 heterocycles. The molecule has 0 aliphatic carbocycles. The van der Waals surface area contributed by atoms with Gasteiger partial charge in [-0.15, -0.1) is 0 Å². The summed E-state index contributed by atoms with van der Waals surface area (Å²) < 4.78 is 14.8. The van der Waals surface area contributed by atoms with Crippen LogP contribution in [0.5, 0.6) is 0 Å². The van der Waals surface area contributed by atoms with Gasteiger partial charge in [0.1, 0.15) is 0 Å². The Balaban J connectivity index is 2.12. The second kappa shape index (κ2) is 4.73. The summed E-state index contributed by atoms with van der Waals surface area (Å²) in [5.74, 6) is -0.256. The number of pyridine rings is 1. The molecule has 2 aromatic rings. The predicted octanol–water partition coefficient (Wildman–Crippen LogP) is 1.42. The van der Waals surface area contributed by atoms with Crippen LogP contribution in [0.4, 0.5) is 10.2 Å². The summed E-state index contributed by atoms with van der Waals surface area (Å²) in [6.45, 7) is 1.68. The second-order valence-corrected chi connectivity index (χ2v) is 3.53. The monoisotopic (exact) mass is 234 g/mol. The Morgan fingerprint density at radius 3 is 3.06 bits per heavy atom. The normalized spacial score (nSPS) is 10.2. The van der Waals surface area contributed by atoms with Crippen LogP contribution in [-0.4, -0.2) is 20.7 Å². The first kappa shape index (κ1) is 11.3. The Kier molecular flexibility index (Phi) is 3.13. The van der Waals surface area contributed by atoms with Gasteiger partial charge >= 0.3 is 0 Å². The van der Waals surface area contributed by atoms with Gasteiger partial charge in [0.25, 0.3) is 0 Å². The lowest BCUT2D eigenvalue weighted by Crippen LogP contribution is -2.08. The number of aromatic nitrogens is 3. The first-order valence-electron chi connectivity index (χ1n) is 5.05. The van der Waals surface area contributed by atoms with Crippen LogP contribution in [0.3, 0.4) is 0 Å². The predicted molar refractivity (Wildman–Crippen MR) is 59.8 cm³/mol. The minimum Gasteiger partial charge on any atom is -0.309 e. The van der Waals surface area contributed by atoms with Crippen molar-refractivity contribution in [3.8, 4) is 0 Å². The van der Waals surface area contributed by atoms with E-state index >= 15 is 0 Å². The molecule has 1 N–H and O–H groups in total. The number of carbonyl (C=O) groups excluding carboxylic acids is 1. The van der Waals surface area contributed by atoms with Gasteiger partial charge in [-0.05, 0) is 6.07 Å². The number of halogens is 1. The quantitative estimate of drug-likeness (QED) is 0.817. The molecule has 0 aliphatic rings. The van der Waals surface area contributed by atoms with E-state index in [9.17, 15) is 9.18 Å². The maximum atomic E-state index is 13.3. The average molecular weight is 234 g/mol. The van der Waals surface area contributed by atoms with Crippen molar-refractivity contribution in [1.82, 2.24) is 14.8 Å². The summed E-state index contributed by atoms with van der Waals surface area (Å²) >= 11 is 0. The molecule has 0 fully saturated rings. The molecule has 88 valence electrons. The fourth-order valence-corrected chi connectivity index (χ4v) is 1.41. The van der Waals surface area contributed by atoms with Crippen LogP contribution in [0.2, 0.25) is 0 Å². The molecule has 6 heteroatoms. The minimum absolute atomic E-state index is 0.192. The Morgan fingerprint density at radius 1 is 1.53 bits per heavy atom. The van der Waals surface area contributed by atoms with Gasteiger partial charge in [0.15, 0.2) is 5.82 Å². The summed E-state index contributed by atoms with van der Waals surface area (Å²) in [6.07, 6.45) is 3.06. The van der Waals surface area contributed by atoms with Crippen LogP contribution < -0.4 is 5.32 Å². The molecule has 0 atom stereocenters. The van der Waals surface area contributed by atoms with Gasteiger partial charge in [-0.25, -0.2) is 4.98 Å². The van der Waals surface area contributed by atoms with Gasteiger partial charge < -0.3 is 5.32 Å². The first-order valence-corrected chi connectivity index (χ1v) is 5.05. The van der Waals surface area contributed by atoms with Crippen molar-refractivity contribution in [3.63, 3.8) is 0 Å². The number of hydrogen-bond donors (Lipinski definition) is 1. The number of nitrogens with zero attached hydrogens (tertiary/aromatic N) is 3. The third-order valence-electron chi connectivity index (χ3n) is 2.11. The van der Waals surface area contributed by atoms with Gasteiger partial charge in [-0.2, -0.15) is 9.49 Å². The van der Waals surface area contributed by atoms with E-state index in [0.29, 0.717) is 11.4 Å². The van der Waals surface area contributed by atoms with Gasteiger partial charge in [-0.1, -0.05) is 6.07 Å². The summed E-state index contributed by atoms with van der Waals surface area (Å²) in [6, 6.07) is 4.95. The van der Waals surface area contributed by atoms with E-state index in [0.717, 1.165) is 0 Å². The second-order valence-electron chi connectivity index (χ2n) is 3.53. The largest absolute Gasteiger partial charge is 0.309 e. The molecule has 2 rings (SSSR count). The van der Waals surface area contributed by atoms with Crippen molar-refractivity contribution in [2.75, 3.05) is 5.32 Å². The molecule has 0 spiro atoms. The zero-order chi connectivity index (χ0) is 12.3. The Labute approximate surface area is 97.3 Å². The molecule has 0 aliphatic heterocycles. The van der Waals surface area contributed by atoms with Gasteiger partial charge in [-0.3, -0.25) is 9.48 Å². The average Bonchev–Trinajstić information content (AvgIpc) is 2.68. The van der Waals surface area contributed by atoms with Gasteiger partial charge in [0.05, 0.1) is 6.54 Å². The fourth-order valence-electron chi connectivity index (χ4n) is 1.41. The molecule has 0 aromatic carbocycles. The zero-order valence-electron chi connectivity index (χ0n) is 9.22. The van der Waals surface area contributed by atoms with Crippen molar-refractivity contribution in [1.29, 1.82) is 0 Å². The highest BCUT2D eigenvalue weighted by molar-refractivity contribution is 5.87. The van der Waals surface area contributed by atoms with E-state index in [-0.39, 0.29) is 12.5 Å². The van der Waals surface area contributed by atoms with Crippen molar-refractivity contribution in [2.45, 2.75) is 13.5 Å². The maximum Gasteiger partial charge on any atom is 0.222 e. The molecule has 5 nitrogen and oxygen atoms in total. The molecule has 2 aromatic heterocycles. The van der Waals surface area contributed by atoms with E-state index in [1.165, 1.54) is 17.8 Å². The highest BCUT2D eigenvalue weighted by atomic mass is 19.1. The molecule has 1 amide bonds. The smallest absolute Gasteiger partial charge is 0.222 e. The summed E-state index contributed by atoms with van der Waals surface area (Å²) in [4.78, 5) is 14.4. The number of rotatable bonds is 3. The minimum atomic E-state index is -0.510. The van der Waals surface area contributed by atoms with E-state index < -0.39 is 5.95 Å². The third-order valence-corrected chi connectivity index (χ3v) is 2.11. The summed E-state index contributed by atoms with van der Waals surface area (Å²) in [5.41, 5.74) is 0.449. The molecule has 17 heavy (non-hydrogen) atoms. The highest BCUT2D eigenvalue weighted by Crippen LogP contribution is 2.08. The molecular formula is C11H11FN4O. The van der Waals surface area contributed by atoms with Crippen LogP contribution in [0.15, 0.2) is 30.6 Å². The van der Waals surface area contributed by atoms with E-state index in [4.69, 9.17) is 0 Å². The SMILES string of the molecule is CC(=O)Nc1ccn(Cc2cccnc2F)n1. The lowest BCUT2D eigenvalue weighted by Gasteiger charge is -2.02. The van der Waals surface area contributed by atoms with Crippen LogP contribution in [0.25, 0.3) is 0 Å². The van der Waals surface area contributed by atoms with Crippen LogP contribution in [0.1, 0.15) is 12.5 Å². The van der Waals surface area contributed by atoms with Crippen molar-refractivity contribution >= 4 is 11.7 Å². The van der Waals surface area contributed by atoms with Crippen molar-refractivity contribution in [2.24, 2.45) is 0 Å². The number of nitrogens with one attached hydrogen (secondary N) is 1. The maximum absolute atomic E-state index is 13.3. The Hall–Kier alpha value is -2.24. The first-order chi connectivity index (χ1) is 8.15. The Bertz CT molecular complexity index is 538. The van der Waals surface area contributed by atoms with E-state index in [2.05, 4.69) is 15.4 Å². The van der Waals surface area contributed by atoms with E-state index in [1.807, 2.05) is 0 Å². The summed E-state index contributed by atoms with van der Waals surface area (Å²) in [5, 5.41) is 6.62. The lowest BCUT2D eigenvalue weighted by atomic mass is 10.3. The zero-order valence-corrected chi connectivity index (χ0v) is 9.22. The molecule has 0 saturated heterocycles. The van der Waals surface area contributed by atoms with E-state index in [1.54, 1.807) is 24.4 Å². The molecular weight excluding hydrogens is 223 g/mol. The third kappa shape index (κ3) is 2.87. The van der Waals surface area contributed by atoms with Crippen LogP contribution in [0, 0.1) is 5.95 Å². The lowest BCUT2D eigenvalue weighted by molar-refractivity contribution is -0.114. The fraction of sp³-hybridized carbons (Fsp3) is 0.182. The molecule has 0 unspecified atom stereocenters. The standard InChI is InChI=1S/C11H11FN4O/c1-8(17)14-10-4-6-16(15-10)7-9-3-2-5-13-11(9)12/h2-6H,7H2,1H3,(H,14,15,17). The Morgan fingerprint density at radius 2 is 2.35 bits per heavy atom. The highest BCUT2D eigenvalue weighted by Gasteiger charge is 2.05. The molecule has 0 saturated carbocycles. The van der Waals surface area contributed by atoms with Gasteiger partial charge in [0, 0.05) is 30.9 Å².